The van der Waals surface area contributed by atoms with Gasteiger partial charge in [0.05, 0.1) is 22.2 Å². The Kier molecular flexibility index (Phi) is 7.85. The molecule has 5 rings (SSSR count). The first-order chi connectivity index (χ1) is 17.4. The number of amides is 1. The molecular formula is C26H33BrFN5O3. The molecule has 0 bridgehead atoms. The molecule has 1 amide bonds. The monoisotopic (exact) mass is 561 g/mol. The molecule has 194 valence electrons. The molecule has 0 saturated carbocycles. The van der Waals surface area contributed by atoms with Gasteiger partial charge in [-0.25, -0.2) is 14.4 Å². The van der Waals surface area contributed by atoms with E-state index in [2.05, 4.69) is 43.0 Å². The fourth-order valence-electron chi connectivity index (χ4n) is 5.58. The van der Waals surface area contributed by atoms with Gasteiger partial charge in [0, 0.05) is 57.5 Å². The molecule has 2 N–H and O–H groups in total. The summed E-state index contributed by atoms with van der Waals surface area (Å²) >= 11 is 3.22. The number of piperazine rings is 1. The van der Waals surface area contributed by atoms with Gasteiger partial charge in [0.2, 0.25) is 5.91 Å². The second-order valence-corrected chi connectivity index (χ2v) is 10.8. The number of hydrogen-bond donors (Lipinski definition) is 2. The van der Waals surface area contributed by atoms with Crippen LogP contribution in [-0.2, 0) is 9.53 Å². The lowest BCUT2D eigenvalue weighted by molar-refractivity contribution is -0.133. The molecule has 0 radical (unpaired) electrons. The summed E-state index contributed by atoms with van der Waals surface area (Å²) in [4.78, 5) is 26.7. The minimum absolute atomic E-state index is 0.00707. The number of benzene rings is 1. The van der Waals surface area contributed by atoms with Crippen LogP contribution in [0.5, 0.6) is 0 Å². The summed E-state index contributed by atoms with van der Waals surface area (Å²) in [6.45, 7) is 6.39. The first-order valence-corrected chi connectivity index (χ1v) is 13.5. The average molecular weight is 562 g/mol. The third kappa shape index (κ3) is 5.27. The lowest BCUT2D eigenvalue weighted by Crippen LogP contribution is -2.52. The summed E-state index contributed by atoms with van der Waals surface area (Å²) in [5.74, 6) is 0.228. The number of carbonyl (C=O) groups excluding carboxylic acids is 1. The topological polar surface area (TPSA) is 90.8 Å². The van der Waals surface area contributed by atoms with E-state index in [9.17, 15) is 14.3 Å². The van der Waals surface area contributed by atoms with Crippen LogP contribution >= 0.6 is 15.9 Å². The highest BCUT2D eigenvalue weighted by Gasteiger charge is 2.35. The van der Waals surface area contributed by atoms with Crippen molar-refractivity contribution < 1.29 is 19.0 Å². The Labute approximate surface area is 219 Å². The van der Waals surface area contributed by atoms with Gasteiger partial charge in [0.15, 0.2) is 0 Å². The number of nitrogens with one attached hydrogen (secondary N) is 1. The molecule has 0 spiro atoms. The van der Waals surface area contributed by atoms with Gasteiger partial charge < -0.3 is 25.0 Å². The Morgan fingerprint density at radius 3 is 2.72 bits per heavy atom. The predicted octanol–water partition coefficient (Wildman–Crippen LogP) is 3.12. The number of carbonyl (C=O) groups is 1. The summed E-state index contributed by atoms with van der Waals surface area (Å²) in [5.41, 5.74) is 2.43. The number of nitrogens with zero attached hydrogens (tertiary/aromatic N) is 4. The van der Waals surface area contributed by atoms with E-state index in [0.717, 1.165) is 29.9 Å². The summed E-state index contributed by atoms with van der Waals surface area (Å²) in [5, 5.41) is 13.9. The van der Waals surface area contributed by atoms with Gasteiger partial charge in [0.25, 0.3) is 0 Å². The number of hydrogen-bond acceptors (Lipinski definition) is 7. The van der Waals surface area contributed by atoms with Crippen LogP contribution in [0.15, 0.2) is 29.0 Å². The Morgan fingerprint density at radius 2 is 2.00 bits per heavy atom. The van der Waals surface area contributed by atoms with Gasteiger partial charge >= 0.3 is 0 Å². The quantitative estimate of drug-likeness (QED) is 0.560. The van der Waals surface area contributed by atoms with Gasteiger partial charge in [-0.05, 0) is 58.8 Å². The van der Waals surface area contributed by atoms with Gasteiger partial charge in [-0.3, -0.25) is 4.79 Å². The van der Waals surface area contributed by atoms with E-state index < -0.39 is 12.0 Å². The van der Waals surface area contributed by atoms with Gasteiger partial charge in [-0.1, -0.05) is 13.0 Å². The van der Waals surface area contributed by atoms with E-state index in [1.807, 2.05) is 11.0 Å². The van der Waals surface area contributed by atoms with E-state index in [0.29, 0.717) is 68.4 Å². The number of aliphatic hydroxyl groups excluding tert-OH is 1. The number of aromatic nitrogens is 2. The molecule has 2 aliphatic heterocycles. The molecule has 8 nitrogen and oxygen atoms in total. The van der Waals surface area contributed by atoms with Crippen molar-refractivity contribution >= 4 is 27.7 Å². The number of halogens is 2. The minimum atomic E-state index is -0.546. The standard InChI is InChI=1S/C26H33BrFN5O3/c1-16-12-22(34)24-23(16)25(31-15-30-24)32-6-8-33(9-7-32)26(35)19(14-29-18-4-10-36-11-5-18)17-2-3-20(27)21(28)13-17/h2-3,13,15-16,18-19,22,29,34H,4-12,14H2,1H3/t16?,19-,22+/m1/s1. The molecule has 2 saturated heterocycles. The zero-order valence-electron chi connectivity index (χ0n) is 20.5. The van der Waals surface area contributed by atoms with Crippen molar-refractivity contribution in [3.05, 3.63) is 51.6 Å². The third-order valence-corrected chi connectivity index (χ3v) is 8.29. The Morgan fingerprint density at radius 1 is 1.25 bits per heavy atom. The van der Waals surface area contributed by atoms with Crippen molar-refractivity contribution in [3.8, 4) is 0 Å². The maximum absolute atomic E-state index is 14.4. The summed E-state index contributed by atoms with van der Waals surface area (Å²) < 4.78 is 20.2. The zero-order chi connectivity index (χ0) is 25.2. The highest BCUT2D eigenvalue weighted by molar-refractivity contribution is 9.10. The van der Waals surface area contributed by atoms with Crippen molar-refractivity contribution in [2.45, 2.75) is 50.2 Å². The minimum Gasteiger partial charge on any atom is -0.387 e. The number of ether oxygens (including phenoxy) is 1. The van der Waals surface area contributed by atoms with Crippen LogP contribution in [-0.4, -0.2) is 77.9 Å². The number of anilines is 1. The maximum atomic E-state index is 14.4. The number of aliphatic hydroxyl groups is 1. The first kappa shape index (κ1) is 25.5. The van der Waals surface area contributed by atoms with E-state index in [1.54, 1.807) is 6.07 Å². The molecule has 1 aliphatic carbocycles. The van der Waals surface area contributed by atoms with Crippen LogP contribution in [0.1, 0.15) is 60.9 Å². The largest absolute Gasteiger partial charge is 0.387 e. The summed E-state index contributed by atoms with van der Waals surface area (Å²) in [6, 6.07) is 5.26. The number of rotatable bonds is 6. The van der Waals surface area contributed by atoms with Crippen molar-refractivity contribution in [2.75, 3.05) is 50.8 Å². The normalized spacial score (nSPS) is 23.6. The lowest BCUT2D eigenvalue weighted by Gasteiger charge is -2.38. The van der Waals surface area contributed by atoms with Crippen LogP contribution in [0.4, 0.5) is 10.2 Å². The predicted molar refractivity (Wildman–Crippen MR) is 138 cm³/mol. The molecule has 3 aliphatic rings. The fourth-order valence-corrected chi connectivity index (χ4v) is 5.82. The van der Waals surface area contributed by atoms with Gasteiger partial charge in [-0.2, -0.15) is 0 Å². The highest BCUT2D eigenvalue weighted by atomic mass is 79.9. The molecular weight excluding hydrogens is 529 g/mol. The molecule has 36 heavy (non-hydrogen) atoms. The van der Waals surface area contributed by atoms with Crippen molar-refractivity contribution in [3.63, 3.8) is 0 Å². The van der Waals surface area contributed by atoms with Crippen LogP contribution in [0.3, 0.4) is 0 Å². The van der Waals surface area contributed by atoms with Crippen LogP contribution < -0.4 is 10.2 Å². The lowest BCUT2D eigenvalue weighted by atomic mass is 9.95. The first-order valence-electron chi connectivity index (χ1n) is 12.7. The van der Waals surface area contributed by atoms with Crippen molar-refractivity contribution in [2.24, 2.45) is 0 Å². The van der Waals surface area contributed by atoms with E-state index >= 15 is 0 Å². The maximum Gasteiger partial charge on any atom is 0.231 e. The summed E-state index contributed by atoms with van der Waals surface area (Å²) in [7, 11) is 0. The van der Waals surface area contributed by atoms with Crippen LogP contribution in [0.2, 0.25) is 0 Å². The van der Waals surface area contributed by atoms with Crippen molar-refractivity contribution in [1.82, 2.24) is 20.2 Å². The molecule has 1 aromatic heterocycles. The Hall–Kier alpha value is -2.14. The smallest absolute Gasteiger partial charge is 0.231 e. The zero-order valence-corrected chi connectivity index (χ0v) is 22.1. The molecule has 2 aromatic rings. The molecule has 3 heterocycles. The van der Waals surface area contributed by atoms with E-state index in [4.69, 9.17) is 4.74 Å². The molecule has 10 heteroatoms. The molecule has 1 aromatic carbocycles. The second-order valence-electron chi connectivity index (χ2n) is 9.98. The molecule has 2 fully saturated rings. The highest BCUT2D eigenvalue weighted by Crippen LogP contribution is 2.42. The summed E-state index contributed by atoms with van der Waals surface area (Å²) in [6.07, 6.45) is 3.45. The second kappa shape index (κ2) is 11.1. The van der Waals surface area contributed by atoms with Crippen LogP contribution in [0, 0.1) is 5.82 Å². The Bertz CT molecular complexity index is 1090. The Balaban J connectivity index is 1.29. The average Bonchev–Trinajstić information content (AvgIpc) is 3.20. The fraction of sp³-hybridized carbons (Fsp3) is 0.577. The van der Waals surface area contributed by atoms with E-state index in [1.165, 1.54) is 12.4 Å². The SMILES string of the molecule is CC1C[C@H](O)c2ncnc(N3CCN(C(=O)[C@H](CNC4CCOCC4)c4ccc(Br)c(F)c4)CC3)c21. The van der Waals surface area contributed by atoms with Crippen molar-refractivity contribution in [1.29, 1.82) is 0 Å². The molecule has 1 unspecified atom stereocenters. The van der Waals surface area contributed by atoms with Crippen LogP contribution in [0.25, 0.3) is 0 Å². The van der Waals surface area contributed by atoms with E-state index in [-0.39, 0.29) is 17.6 Å². The van der Waals surface area contributed by atoms with Gasteiger partial charge in [-0.15, -0.1) is 0 Å². The number of fused-ring (bicyclic) bond motifs is 1. The van der Waals surface area contributed by atoms with Gasteiger partial charge in [0.1, 0.15) is 18.0 Å². The molecule has 3 atom stereocenters. The third-order valence-electron chi connectivity index (χ3n) is 7.65.